The first-order chi connectivity index (χ1) is 17.0. The topological polar surface area (TPSA) is 45.6 Å². The van der Waals surface area contributed by atoms with E-state index in [1.807, 2.05) is 24.4 Å². The maximum atomic E-state index is 13.7. The fraction of sp³-hybridized carbons (Fsp3) is 0.407. The third-order valence-electron chi connectivity index (χ3n) is 7.09. The molecule has 0 radical (unpaired) electrons. The quantitative estimate of drug-likeness (QED) is 0.488. The number of anilines is 1. The minimum absolute atomic E-state index is 0.0953. The highest BCUT2D eigenvalue weighted by molar-refractivity contribution is 7.80. The molecule has 1 aromatic carbocycles. The molecule has 3 aromatic rings. The highest BCUT2D eigenvalue weighted by atomic mass is 32.1. The Morgan fingerprint density at radius 3 is 2.57 bits per heavy atom. The molecular weight excluding hydrogens is 461 g/mol. The summed E-state index contributed by atoms with van der Waals surface area (Å²) < 4.78 is 21.6. The Hall–Kier alpha value is -2.81. The molecule has 2 atom stereocenters. The highest BCUT2D eigenvalue weighted by Gasteiger charge is 2.42. The van der Waals surface area contributed by atoms with E-state index in [2.05, 4.69) is 44.6 Å². The molecule has 0 aliphatic carbocycles. The SMILES string of the molecule is Cc1cc([C@@H]2[C@@H](c3ccccn3)NC(=S)N2c2ccc(F)cc2)c(C)n1CCCN1CCOCC1. The number of hydrogen-bond acceptors (Lipinski definition) is 4. The molecule has 2 aliphatic rings. The van der Waals surface area contributed by atoms with Crippen LogP contribution in [0, 0.1) is 19.7 Å². The molecule has 5 rings (SSSR count). The van der Waals surface area contributed by atoms with Gasteiger partial charge in [-0.25, -0.2) is 4.39 Å². The van der Waals surface area contributed by atoms with Crippen LogP contribution in [-0.2, 0) is 11.3 Å². The molecule has 184 valence electrons. The van der Waals surface area contributed by atoms with E-state index >= 15 is 0 Å². The van der Waals surface area contributed by atoms with Crippen molar-refractivity contribution in [1.29, 1.82) is 0 Å². The first-order valence-corrected chi connectivity index (χ1v) is 12.7. The minimum Gasteiger partial charge on any atom is -0.379 e. The van der Waals surface area contributed by atoms with Crippen LogP contribution >= 0.6 is 12.2 Å². The number of rotatable bonds is 7. The van der Waals surface area contributed by atoms with E-state index in [1.54, 1.807) is 12.1 Å². The van der Waals surface area contributed by atoms with Crippen LogP contribution in [0.4, 0.5) is 10.1 Å². The van der Waals surface area contributed by atoms with Crippen LogP contribution in [0.1, 0.15) is 41.1 Å². The Kier molecular flexibility index (Phi) is 7.13. The predicted molar refractivity (Wildman–Crippen MR) is 140 cm³/mol. The Morgan fingerprint density at radius 2 is 1.86 bits per heavy atom. The summed E-state index contributed by atoms with van der Waals surface area (Å²) in [4.78, 5) is 9.22. The molecule has 1 N–H and O–H groups in total. The molecule has 4 heterocycles. The molecule has 0 saturated carbocycles. The fourth-order valence-corrected chi connectivity index (χ4v) is 5.65. The van der Waals surface area contributed by atoms with Crippen LogP contribution in [-0.4, -0.2) is 52.4 Å². The first kappa shape index (κ1) is 23.9. The van der Waals surface area contributed by atoms with Crippen LogP contribution in [0.15, 0.2) is 54.7 Å². The molecule has 0 unspecified atom stereocenters. The van der Waals surface area contributed by atoms with E-state index in [1.165, 1.54) is 29.1 Å². The number of pyridine rings is 1. The number of thiocarbonyl (C=S) groups is 1. The van der Waals surface area contributed by atoms with Gasteiger partial charge in [0.1, 0.15) is 5.82 Å². The zero-order valence-corrected chi connectivity index (χ0v) is 21.1. The van der Waals surface area contributed by atoms with Crippen LogP contribution in [0.2, 0.25) is 0 Å². The van der Waals surface area contributed by atoms with Gasteiger partial charge in [0.15, 0.2) is 5.11 Å². The van der Waals surface area contributed by atoms with Crippen molar-refractivity contribution in [2.24, 2.45) is 0 Å². The zero-order valence-electron chi connectivity index (χ0n) is 20.3. The van der Waals surface area contributed by atoms with Gasteiger partial charge in [0.25, 0.3) is 0 Å². The number of morpholine rings is 1. The number of hydrogen-bond donors (Lipinski definition) is 1. The van der Waals surface area contributed by atoms with Crippen molar-refractivity contribution in [3.8, 4) is 0 Å². The third kappa shape index (κ3) is 4.96. The summed E-state index contributed by atoms with van der Waals surface area (Å²) in [6.07, 6.45) is 2.90. The van der Waals surface area contributed by atoms with Gasteiger partial charge in [-0.3, -0.25) is 9.88 Å². The van der Waals surface area contributed by atoms with Crippen LogP contribution < -0.4 is 10.2 Å². The summed E-state index contributed by atoms with van der Waals surface area (Å²) >= 11 is 5.81. The predicted octanol–water partition coefficient (Wildman–Crippen LogP) is 4.54. The van der Waals surface area contributed by atoms with E-state index in [4.69, 9.17) is 17.0 Å². The second-order valence-corrected chi connectivity index (χ2v) is 9.65. The number of nitrogens with one attached hydrogen (secondary N) is 1. The van der Waals surface area contributed by atoms with Gasteiger partial charge in [-0.05, 0) is 80.5 Å². The normalized spacial score (nSPS) is 20.9. The van der Waals surface area contributed by atoms with Gasteiger partial charge in [0.05, 0.1) is 31.0 Å². The third-order valence-corrected chi connectivity index (χ3v) is 7.41. The fourth-order valence-electron chi connectivity index (χ4n) is 5.30. The van der Waals surface area contributed by atoms with Crippen molar-refractivity contribution in [2.75, 3.05) is 37.7 Å². The van der Waals surface area contributed by atoms with Crippen molar-refractivity contribution in [1.82, 2.24) is 19.8 Å². The molecule has 0 bridgehead atoms. The maximum Gasteiger partial charge on any atom is 0.174 e. The summed E-state index contributed by atoms with van der Waals surface area (Å²) in [5.41, 5.74) is 5.47. The molecule has 2 aliphatic heterocycles. The maximum absolute atomic E-state index is 13.7. The lowest BCUT2D eigenvalue weighted by atomic mass is 9.96. The lowest BCUT2D eigenvalue weighted by molar-refractivity contribution is 0.0369. The number of halogens is 1. The molecular formula is C27H32FN5OS. The van der Waals surface area contributed by atoms with Crippen molar-refractivity contribution in [2.45, 2.75) is 38.9 Å². The van der Waals surface area contributed by atoms with Crippen molar-refractivity contribution < 1.29 is 9.13 Å². The molecule has 0 spiro atoms. The Balaban J connectivity index is 1.46. The Labute approximate surface area is 211 Å². The number of nitrogens with zero attached hydrogens (tertiary/aromatic N) is 4. The van der Waals surface area contributed by atoms with E-state index in [0.29, 0.717) is 5.11 Å². The van der Waals surface area contributed by atoms with Crippen molar-refractivity contribution in [3.63, 3.8) is 0 Å². The van der Waals surface area contributed by atoms with Crippen molar-refractivity contribution >= 4 is 23.0 Å². The summed E-state index contributed by atoms with van der Waals surface area (Å²) in [5.74, 6) is -0.261. The monoisotopic (exact) mass is 493 g/mol. The number of benzene rings is 1. The Morgan fingerprint density at radius 1 is 1.09 bits per heavy atom. The second kappa shape index (κ2) is 10.4. The largest absolute Gasteiger partial charge is 0.379 e. The van der Waals surface area contributed by atoms with Gasteiger partial charge in [-0.15, -0.1) is 0 Å². The Bertz CT molecular complexity index is 1160. The molecule has 2 saturated heterocycles. The second-order valence-electron chi connectivity index (χ2n) is 9.26. The molecule has 35 heavy (non-hydrogen) atoms. The summed E-state index contributed by atoms with van der Waals surface area (Å²) in [7, 11) is 0. The zero-order chi connectivity index (χ0) is 24.4. The average Bonchev–Trinajstić information content (AvgIpc) is 3.36. The molecule has 8 heteroatoms. The van der Waals surface area contributed by atoms with Gasteiger partial charge in [-0.1, -0.05) is 6.07 Å². The minimum atomic E-state index is -0.261. The number of ether oxygens (including phenoxy) is 1. The van der Waals surface area contributed by atoms with Crippen LogP contribution in [0.3, 0.4) is 0 Å². The summed E-state index contributed by atoms with van der Waals surface area (Å²) in [6, 6.07) is 14.6. The summed E-state index contributed by atoms with van der Waals surface area (Å²) in [6.45, 7) is 10.1. The van der Waals surface area contributed by atoms with Gasteiger partial charge in [0.2, 0.25) is 0 Å². The number of aromatic nitrogens is 2. The van der Waals surface area contributed by atoms with Crippen LogP contribution in [0.5, 0.6) is 0 Å². The van der Waals surface area contributed by atoms with Crippen LogP contribution in [0.25, 0.3) is 0 Å². The van der Waals surface area contributed by atoms with Gasteiger partial charge in [-0.2, -0.15) is 0 Å². The van der Waals surface area contributed by atoms with E-state index in [-0.39, 0.29) is 17.9 Å². The first-order valence-electron chi connectivity index (χ1n) is 12.3. The molecule has 0 amide bonds. The molecule has 2 fully saturated rings. The molecule has 6 nitrogen and oxygen atoms in total. The molecule has 2 aromatic heterocycles. The average molecular weight is 494 g/mol. The van der Waals surface area contributed by atoms with E-state index in [9.17, 15) is 4.39 Å². The standard InChI is InChI=1S/C27H32FN5OS/c1-19-18-23(20(2)32(19)13-5-12-31-14-16-34-17-15-31)26-25(24-6-3-4-11-29-24)30-27(35)33(26)22-9-7-21(28)8-10-22/h3-4,6-11,18,25-26H,5,12-17H2,1-2H3,(H,30,35)/t25-,26-/m1/s1. The van der Waals surface area contributed by atoms with Gasteiger partial charge in [0, 0.05) is 49.5 Å². The van der Waals surface area contributed by atoms with Gasteiger partial charge < -0.3 is 19.5 Å². The van der Waals surface area contributed by atoms with Crippen molar-refractivity contribution in [3.05, 3.63) is 83.2 Å². The number of aryl methyl sites for hydroxylation is 1. The van der Waals surface area contributed by atoms with E-state index < -0.39 is 0 Å². The van der Waals surface area contributed by atoms with E-state index in [0.717, 1.165) is 57.2 Å². The lowest BCUT2D eigenvalue weighted by Gasteiger charge is -2.28. The smallest absolute Gasteiger partial charge is 0.174 e. The van der Waals surface area contributed by atoms with Gasteiger partial charge >= 0.3 is 0 Å². The lowest BCUT2D eigenvalue weighted by Crippen LogP contribution is -2.37. The highest BCUT2D eigenvalue weighted by Crippen LogP contribution is 2.43. The summed E-state index contributed by atoms with van der Waals surface area (Å²) in [5, 5.41) is 4.12.